The number of rotatable bonds is 6. The number of aromatic nitrogens is 2. The fourth-order valence-corrected chi connectivity index (χ4v) is 2.09. The maximum Gasteiger partial charge on any atom is 0.437 e. The first-order valence-corrected chi connectivity index (χ1v) is 7.31. The van der Waals surface area contributed by atoms with Crippen LogP contribution >= 0.6 is 0 Å². The highest BCUT2D eigenvalue weighted by Crippen LogP contribution is 2.15. The third-order valence-corrected chi connectivity index (χ3v) is 3.27. The lowest BCUT2D eigenvalue weighted by atomic mass is 10.2. The Balaban J connectivity index is 1.65. The van der Waals surface area contributed by atoms with Gasteiger partial charge in [0.05, 0.1) is 6.54 Å². The van der Waals surface area contributed by atoms with E-state index in [9.17, 15) is 14.3 Å². The SMILES string of the molecule is O=c1oc(-c2ccc(F)cc2)nn1C[C@@H](O)COc1ccccc1. The maximum absolute atomic E-state index is 12.9. The predicted molar refractivity (Wildman–Crippen MR) is 84.1 cm³/mol. The first-order chi connectivity index (χ1) is 11.6. The summed E-state index contributed by atoms with van der Waals surface area (Å²) in [5.74, 6) is -0.408. The fourth-order valence-electron chi connectivity index (χ4n) is 2.09. The van der Waals surface area contributed by atoms with Crippen molar-refractivity contribution in [3.63, 3.8) is 0 Å². The summed E-state index contributed by atoms with van der Waals surface area (Å²) in [6.45, 7) is -0.0639. The first kappa shape index (κ1) is 15.9. The Morgan fingerprint density at radius 2 is 1.88 bits per heavy atom. The van der Waals surface area contributed by atoms with E-state index in [0.29, 0.717) is 11.3 Å². The van der Waals surface area contributed by atoms with Crippen LogP contribution in [0.1, 0.15) is 0 Å². The molecule has 2 aromatic carbocycles. The van der Waals surface area contributed by atoms with Gasteiger partial charge in [0.15, 0.2) is 0 Å². The van der Waals surface area contributed by atoms with E-state index in [1.54, 1.807) is 12.1 Å². The zero-order valence-corrected chi connectivity index (χ0v) is 12.6. The Bertz CT molecular complexity index is 843. The number of hydrogen-bond donors (Lipinski definition) is 1. The van der Waals surface area contributed by atoms with E-state index in [2.05, 4.69) is 5.10 Å². The van der Waals surface area contributed by atoms with Crippen molar-refractivity contribution in [1.82, 2.24) is 9.78 Å². The molecule has 0 spiro atoms. The zero-order chi connectivity index (χ0) is 16.9. The van der Waals surface area contributed by atoms with Crippen molar-refractivity contribution in [2.45, 2.75) is 12.6 Å². The summed E-state index contributed by atoms with van der Waals surface area (Å²) >= 11 is 0. The number of nitrogens with zero attached hydrogens (tertiary/aromatic N) is 2. The molecule has 0 aliphatic carbocycles. The van der Waals surface area contributed by atoms with Gasteiger partial charge in [0.2, 0.25) is 5.89 Å². The Kier molecular flexibility index (Phi) is 4.72. The molecule has 3 rings (SSSR count). The quantitative estimate of drug-likeness (QED) is 0.749. The highest BCUT2D eigenvalue weighted by atomic mass is 19.1. The summed E-state index contributed by atoms with van der Waals surface area (Å²) in [7, 11) is 0. The highest BCUT2D eigenvalue weighted by Gasteiger charge is 2.14. The van der Waals surface area contributed by atoms with Gasteiger partial charge in [0.1, 0.15) is 24.3 Å². The molecule has 0 unspecified atom stereocenters. The minimum Gasteiger partial charge on any atom is -0.491 e. The van der Waals surface area contributed by atoms with Crippen LogP contribution < -0.4 is 10.5 Å². The Labute approximate surface area is 136 Å². The van der Waals surface area contributed by atoms with Crippen LogP contribution in [0.25, 0.3) is 11.5 Å². The number of aliphatic hydroxyl groups is 1. The van der Waals surface area contributed by atoms with Crippen LogP contribution in [0.4, 0.5) is 4.39 Å². The van der Waals surface area contributed by atoms with E-state index in [-0.39, 0.29) is 19.0 Å². The average molecular weight is 330 g/mol. The van der Waals surface area contributed by atoms with E-state index < -0.39 is 17.7 Å². The van der Waals surface area contributed by atoms with Gasteiger partial charge in [-0.25, -0.2) is 9.18 Å². The van der Waals surface area contributed by atoms with Crippen molar-refractivity contribution < 1.29 is 18.7 Å². The van der Waals surface area contributed by atoms with Gasteiger partial charge >= 0.3 is 5.76 Å². The van der Waals surface area contributed by atoms with Gasteiger partial charge in [-0.05, 0) is 36.4 Å². The smallest absolute Gasteiger partial charge is 0.437 e. The zero-order valence-electron chi connectivity index (χ0n) is 12.6. The molecule has 24 heavy (non-hydrogen) atoms. The summed E-state index contributed by atoms with van der Waals surface area (Å²) < 4.78 is 24.4. The van der Waals surface area contributed by atoms with Gasteiger partial charge in [-0.15, -0.1) is 5.10 Å². The van der Waals surface area contributed by atoms with E-state index in [1.807, 2.05) is 18.2 Å². The summed E-state index contributed by atoms with van der Waals surface area (Å²) in [6, 6.07) is 14.4. The molecular formula is C17H15FN2O4. The van der Waals surface area contributed by atoms with Crippen molar-refractivity contribution >= 4 is 0 Å². The van der Waals surface area contributed by atoms with Gasteiger partial charge in [0, 0.05) is 5.56 Å². The van der Waals surface area contributed by atoms with Crippen molar-refractivity contribution in [3.8, 4) is 17.2 Å². The lowest BCUT2D eigenvalue weighted by Crippen LogP contribution is -2.29. The third-order valence-electron chi connectivity index (χ3n) is 3.27. The molecule has 6 nitrogen and oxygen atoms in total. The van der Waals surface area contributed by atoms with E-state index in [1.165, 1.54) is 24.3 Å². The molecule has 0 saturated heterocycles. The van der Waals surface area contributed by atoms with Gasteiger partial charge in [0.25, 0.3) is 0 Å². The molecule has 0 amide bonds. The van der Waals surface area contributed by atoms with Gasteiger partial charge in [-0.2, -0.15) is 4.68 Å². The van der Waals surface area contributed by atoms with Gasteiger partial charge < -0.3 is 14.3 Å². The van der Waals surface area contributed by atoms with Crippen molar-refractivity contribution in [1.29, 1.82) is 0 Å². The number of ether oxygens (including phenoxy) is 1. The highest BCUT2D eigenvalue weighted by molar-refractivity contribution is 5.51. The summed E-state index contributed by atoms with van der Waals surface area (Å²) in [5, 5.41) is 14.0. The Morgan fingerprint density at radius 3 is 2.58 bits per heavy atom. The third kappa shape index (κ3) is 3.88. The number of benzene rings is 2. The van der Waals surface area contributed by atoms with Crippen LogP contribution in [-0.4, -0.2) is 27.6 Å². The molecule has 124 valence electrons. The van der Waals surface area contributed by atoms with Crippen LogP contribution in [0, 0.1) is 5.82 Å². The van der Waals surface area contributed by atoms with Crippen molar-refractivity contribution in [3.05, 3.63) is 71.0 Å². The second kappa shape index (κ2) is 7.10. The monoisotopic (exact) mass is 330 g/mol. The van der Waals surface area contributed by atoms with Crippen LogP contribution in [0.3, 0.4) is 0 Å². The van der Waals surface area contributed by atoms with Crippen LogP contribution in [0.2, 0.25) is 0 Å². The van der Waals surface area contributed by atoms with E-state index in [0.717, 1.165) is 4.68 Å². The molecule has 0 fully saturated rings. The van der Waals surface area contributed by atoms with Crippen LogP contribution in [-0.2, 0) is 6.54 Å². The summed E-state index contributed by atoms with van der Waals surface area (Å²) in [5.41, 5.74) is 0.474. The van der Waals surface area contributed by atoms with E-state index >= 15 is 0 Å². The molecule has 0 bridgehead atoms. The minimum absolute atomic E-state index is 0.00912. The molecule has 1 heterocycles. The largest absolute Gasteiger partial charge is 0.491 e. The van der Waals surface area contributed by atoms with E-state index in [4.69, 9.17) is 9.15 Å². The molecule has 3 aromatic rings. The molecule has 1 N–H and O–H groups in total. The van der Waals surface area contributed by atoms with Crippen LogP contribution in [0.15, 0.2) is 63.8 Å². The predicted octanol–water partition coefficient (Wildman–Crippen LogP) is 2.08. The first-order valence-electron chi connectivity index (χ1n) is 7.31. The standard InChI is InChI=1S/C17H15FN2O4/c18-13-8-6-12(7-9-13)16-19-20(17(22)24-16)10-14(21)11-23-15-4-2-1-3-5-15/h1-9,14,21H,10-11H2/t14-/m1/s1. The molecule has 1 atom stereocenters. The normalized spacial score (nSPS) is 12.1. The number of aliphatic hydroxyl groups excluding tert-OH is 1. The van der Waals surface area contributed by atoms with Gasteiger partial charge in [-0.3, -0.25) is 0 Å². The van der Waals surface area contributed by atoms with Gasteiger partial charge in [-0.1, -0.05) is 18.2 Å². The molecule has 1 aromatic heterocycles. The van der Waals surface area contributed by atoms with Crippen LogP contribution in [0.5, 0.6) is 5.75 Å². The Morgan fingerprint density at radius 1 is 1.17 bits per heavy atom. The summed E-state index contributed by atoms with van der Waals surface area (Å²) in [4.78, 5) is 11.8. The minimum atomic E-state index is -0.936. The molecular weight excluding hydrogens is 315 g/mol. The van der Waals surface area contributed by atoms with Crippen molar-refractivity contribution in [2.75, 3.05) is 6.61 Å². The second-order valence-corrected chi connectivity index (χ2v) is 5.14. The number of halogens is 1. The topological polar surface area (TPSA) is 77.5 Å². The maximum atomic E-state index is 12.9. The fraction of sp³-hybridized carbons (Fsp3) is 0.176. The molecule has 0 aliphatic rings. The molecule has 7 heteroatoms. The van der Waals surface area contributed by atoms with Crippen molar-refractivity contribution in [2.24, 2.45) is 0 Å². The lowest BCUT2D eigenvalue weighted by Gasteiger charge is -2.11. The molecule has 0 saturated carbocycles. The molecule has 0 aliphatic heterocycles. The lowest BCUT2D eigenvalue weighted by molar-refractivity contribution is 0.0875. The average Bonchev–Trinajstić information content (AvgIpc) is 2.95. The molecule has 0 radical (unpaired) electrons. The number of para-hydroxylation sites is 1. The second-order valence-electron chi connectivity index (χ2n) is 5.14. The summed E-state index contributed by atoms with van der Waals surface area (Å²) in [6.07, 6.45) is -0.936. The number of hydrogen-bond acceptors (Lipinski definition) is 5. The Hall–Kier alpha value is -2.93.